The molecule has 0 bridgehead atoms. The molecule has 3 aromatic rings. The second-order valence-electron chi connectivity index (χ2n) is 7.14. The number of sulfonamides is 1. The molecule has 0 unspecified atom stereocenters. The quantitative estimate of drug-likeness (QED) is 0.472. The lowest BCUT2D eigenvalue weighted by molar-refractivity contribution is -0.114. The number of para-hydroxylation sites is 1. The molecule has 0 aliphatic carbocycles. The van der Waals surface area contributed by atoms with Gasteiger partial charge >= 0.3 is 0 Å². The highest BCUT2D eigenvalue weighted by atomic mass is 32.2. The van der Waals surface area contributed by atoms with E-state index in [-0.39, 0.29) is 11.4 Å². The van der Waals surface area contributed by atoms with Crippen LogP contribution in [0.3, 0.4) is 0 Å². The normalized spacial score (nSPS) is 11.2. The summed E-state index contributed by atoms with van der Waals surface area (Å²) in [4.78, 5) is 14.0. The van der Waals surface area contributed by atoms with E-state index in [9.17, 15) is 13.2 Å². The van der Waals surface area contributed by atoms with Gasteiger partial charge in [0, 0.05) is 4.90 Å². The molecule has 0 aromatic heterocycles. The molecule has 162 valence electrons. The summed E-state index contributed by atoms with van der Waals surface area (Å²) in [7, 11) is -3.92. The highest BCUT2D eigenvalue weighted by molar-refractivity contribution is 7.99. The molecular weight excluding hydrogens is 428 g/mol. The third kappa shape index (κ3) is 5.68. The van der Waals surface area contributed by atoms with Gasteiger partial charge in [-0.15, -0.1) is 11.8 Å². The van der Waals surface area contributed by atoms with Crippen LogP contribution in [0.15, 0.2) is 82.6 Å². The Balaban J connectivity index is 1.93. The average molecular weight is 455 g/mol. The third-order valence-electron chi connectivity index (χ3n) is 4.68. The number of hydrogen-bond donors (Lipinski definition) is 1. The van der Waals surface area contributed by atoms with E-state index in [1.807, 2.05) is 57.2 Å². The maximum Gasteiger partial charge on any atom is 0.264 e. The van der Waals surface area contributed by atoms with Gasteiger partial charge in [0.15, 0.2) is 0 Å². The van der Waals surface area contributed by atoms with Crippen molar-refractivity contribution in [2.75, 3.05) is 21.9 Å². The Kier molecular flexibility index (Phi) is 7.41. The van der Waals surface area contributed by atoms with Gasteiger partial charge in [0.1, 0.15) is 6.54 Å². The summed E-state index contributed by atoms with van der Waals surface area (Å²) in [6, 6.07) is 21.2. The predicted octanol–water partition coefficient (Wildman–Crippen LogP) is 5.25. The van der Waals surface area contributed by atoms with Crippen molar-refractivity contribution in [3.05, 3.63) is 83.9 Å². The minimum atomic E-state index is -3.92. The van der Waals surface area contributed by atoms with Crippen molar-refractivity contribution in [3.63, 3.8) is 0 Å². The molecule has 0 aliphatic rings. The summed E-state index contributed by atoms with van der Waals surface area (Å²) in [5.74, 6) is 0.463. The van der Waals surface area contributed by atoms with Crippen molar-refractivity contribution >= 4 is 39.1 Å². The van der Waals surface area contributed by atoms with Gasteiger partial charge in [-0.05, 0) is 56.0 Å². The van der Waals surface area contributed by atoms with Crippen LogP contribution in [0.1, 0.15) is 18.1 Å². The molecule has 1 amide bonds. The van der Waals surface area contributed by atoms with Crippen molar-refractivity contribution in [2.45, 2.75) is 30.6 Å². The van der Waals surface area contributed by atoms with Gasteiger partial charge in [-0.25, -0.2) is 8.42 Å². The number of carbonyl (C=O) groups excluding carboxylic acids is 1. The van der Waals surface area contributed by atoms with E-state index in [0.29, 0.717) is 11.4 Å². The molecule has 1 N–H and O–H groups in total. The number of thioether (sulfide) groups is 1. The van der Waals surface area contributed by atoms with Gasteiger partial charge in [-0.2, -0.15) is 0 Å². The first-order chi connectivity index (χ1) is 14.8. The van der Waals surface area contributed by atoms with Crippen LogP contribution in [0.2, 0.25) is 0 Å². The number of rotatable bonds is 8. The Labute approximate surface area is 188 Å². The van der Waals surface area contributed by atoms with Crippen LogP contribution < -0.4 is 9.62 Å². The Bertz CT molecular complexity index is 1140. The van der Waals surface area contributed by atoms with E-state index in [0.717, 1.165) is 26.1 Å². The Hall–Kier alpha value is -2.77. The lowest BCUT2D eigenvalue weighted by Crippen LogP contribution is -2.38. The lowest BCUT2D eigenvalue weighted by atomic mass is 10.2. The van der Waals surface area contributed by atoms with Crippen molar-refractivity contribution in [1.29, 1.82) is 0 Å². The van der Waals surface area contributed by atoms with Crippen molar-refractivity contribution < 1.29 is 13.2 Å². The third-order valence-corrected chi connectivity index (χ3v) is 7.42. The zero-order chi connectivity index (χ0) is 22.4. The fourth-order valence-electron chi connectivity index (χ4n) is 3.03. The fraction of sp³-hybridized carbons (Fsp3) is 0.208. The summed E-state index contributed by atoms with van der Waals surface area (Å²) in [5.41, 5.74) is 3.09. The number of carbonyl (C=O) groups is 1. The SMILES string of the molecule is CCSc1ccccc1NC(=O)CN(c1ccc(C)cc1)S(=O)(=O)c1ccc(C)cc1. The summed E-state index contributed by atoms with van der Waals surface area (Å²) < 4.78 is 28.0. The zero-order valence-electron chi connectivity index (χ0n) is 17.8. The molecule has 0 radical (unpaired) electrons. The van der Waals surface area contributed by atoms with Gasteiger partial charge < -0.3 is 5.32 Å². The Morgan fingerprint density at radius 1 is 0.903 bits per heavy atom. The number of benzene rings is 3. The molecule has 0 saturated heterocycles. The maximum absolute atomic E-state index is 13.4. The predicted molar refractivity (Wildman–Crippen MR) is 128 cm³/mol. The molecule has 0 saturated carbocycles. The Morgan fingerprint density at radius 2 is 1.48 bits per heavy atom. The molecule has 5 nitrogen and oxygen atoms in total. The zero-order valence-corrected chi connectivity index (χ0v) is 19.5. The van der Waals surface area contributed by atoms with Crippen LogP contribution in [0, 0.1) is 13.8 Å². The van der Waals surface area contributed by atoms with Crippen molar-refractivity contribution in [1.82, 2.24) is 0 Å². The standard InChI is InChI=1S/C24H26N2O3S2/c1-4-30-23-8-6-5-7-22(23)25-24(27)17-26(20-13-9-18(2)10-14-20)31(28,29)21-15-11-19(3)12-16-21/h5-16H,4,17H2,1-3H3,(H,25,27). The van der Waals surface area contributed by atoms with E-state index >= 15 is 0 Å². The summed E-state index contributed by atoms with van der Waals surface area (Å²) in [5, 5.41) is 2.87. The highest BCUT2D eigenvalue weighted by Crippen LogP contribution is 2.28. The van der Waals surface area contributed by atoms with Crippen LogP contribution >= 0.6 is 11.8 Å². The first-order valence-corrected chi connectivity index (χ1v) is 12.4. The molecule has 0 fully saturated rings. The average Bonchev–Trinajstić information content (AvgIpc) is 2.75. The van der Waals surface area contributed by atoms with E-state index in [1.54, 1.807) is 48.2 Å². The monoisotopic (exact) mass is 454 g/mol. The summed E-state index contributed by atoms with van der Waals surface area (Å²) in [6.07, 6.45) is 0. The molecule has 3 rings (SSSR count). The largest absolute Gasteiger partial charge is 0.323 e. The van der Waals surface area contributed by atoms with Crippen LogP contribution in [-0.2, 0) is 14.8 Å². The number of amides is 1. The number of nitrogens with one attached hydrogen (secondary N) is 1. The van der Waals surface area contributed by atoms with E-state index in [2.05, 4.69) is 5.32 Å². The minimum absolute atomic E-state index is 0.147. The van der Waals surface area contributed by atoms with E-state index in [4.69, 9.17) is 0 Å². The molecular formula is C24H26N2O3S2. The topological polar surface area (TPSA) is 66.5 Å². The molecule has 0 spiro atoms. The van der Waals surface area contributed by atoms with Gasteiger partial charge in [0.05, 0.1) is 16.3 Å². The number of nitrogens with zero attached hydrogens (tertiary/aromatic N) is 1. The molecule has 7 heteroatoms. The maximum atomic E-state index is 13.4. The number of anilines is 2. The van der Waals surface area contributed by atoms with Gasteiger partial charge in [-0.3, -0.25) is 9.10 Å². The second-order valence-corrected chi connectivity index (χ2v) is 10.3. The number of hydrogen-bond acceptors (Lipinski definition) is 4. The minimum Gasteiger partial charge on any atom is -0.323 e. The van der Waals surface area contributed by atoms with Crippen molar-refractivity contribution in [2.24, 2.45) is 0 Å². The van der Waals surface area contributed by atoms with Crippen LogP contribution in [0.4, 0.5) is 11.4 Å². The second kappa shape index (κ2) is 10.0. The Morgan fingerprint density at radius 3 is 2.10 bits per heavy atom. The molecule has 31 heavy (non-hydrogen) atoms. The smallest absolute Gasteiger partial charge is 0.264 e. The first-order valence-electron chi connectivity index (χ1n) is 9.99. The molecule has 3 aromatic carbocycles. The lowest BCUT2D eigenvalue weighted by Gasteiger charge is -2.24. The summed E-state index contributed by atoms with van der Waals surface area (Å²) in [6.45, 7) is 5.53. The van der Waals surface area contributed by atoms with Gasteiger partial charge in [0.25, 0.3) is 10.0 Å². The molecule has 0 atom stereocenters. The van der Waals surface area contributed by atoms with Crippen LogP contribution in [0.25, 0.3) is 0 Å². The van der Waals surface area contributed by atoms with Gasteiger partial charge in [-0.1, -0.05) is 54.4 Å². The fourth-order valence-corrected chi connectivity index (χ4v) is 5.22. The van der Waals surface area contributed by atoms with Crippen molar-refractivity contribution in [3.8, 4) is 0 Å². The first kappa shape index (κ1) is 22.9. The van der Waals surface area contributed by atoms with E-state index in [1.165, 1.54) is 0 Å². The van der Waals surface area contributed by atoms with E-state index < -0.39 is 15.9 Å². The van der Waals surface area contributed by atoms with Gasteiger partial charge in [0.2, 0.25) is 5.91 Å². The highest BCUT2D eigenvalue weighted by Gasteiger charge is 2.27. The summed E-state index contributed by atoms with van der Waals surface area (Å²) >= 11 is 1.62. The van der Waals surface area contributed by atoms with Crippen LogP contribution in [-0.4, -0.2) is 26.6 Å². The van der Waals surface area contributed by atoms with Crippen LogP contribution in [0.5, 0.6) is 0 Å². The molecule has 0 aliphatic heterocycles. The number of aryl methyl sites for hydroxylation is 2. The molecule has 0 heterocycles.